The summed E-state index contributed by atoms with van der Waals surface area (Å²) in [6.07, 6.45) is 1.89. The lowest BCUT2D eigenvalue weighted by Crippen LogP contribution is -2.47. The number of carboxylic acid groups (broad SMARTS) is 1. The molecule has 8 heteroatoms. The molecule has 3 amide bonds. The Balaban J connectivity index is 1.74. The molecule has 140 valence electrons. The van der Waals surface area contributed by atoms with Crippen LogP contribution in [0.3, 0.4) is 0 Å². The molecule has 2 fully saturated rings. The molecule has 0 saturated carbocycles. The number of amides is 3. The summed E-state index contributed by atoms with van der Waals surface area (Å²) in [5, 5.41) is 12.4. The van der Waals surface area contributed by atoms with Crippen molar-refractivity contribution in [3.05, 3.63) is 23.2 Å². The Kier molecular flexibility index (Phi) is 5.36. The summed E-state index contributed by atoms with van der Waals surface area (Å²) in [6.45, 7) is 3.25. The molecule has 0 spiro atoms. The molecule has 0 bridgehead atoms. The number of piperidine rings is 1. The number of aliphatic carboxylic acids is 1. The van der Waals surface area contributed by atoms with E-state index in [1.54, 1.807) is 23.1 Å². The Labute approximate surface area is 156 Å². The number of carboxylic acids is 1. The number of carbonyl (C=O) groups excluding carboxylic acids is 2. The number of carbonyl (C=O) groups is 3. The van der Waals surface area contributed by atoms with Crippen LogP contribution in [0.1, 0.15) is 26.2 Å². The van der Waals surface area contributed by atoms with E-state index in [1.165, 1.54) is 4.90 Å². The molecule has 1 aromatic rings. The Bertz CT molecular complexity index is 739. The van der Waals surface area contributed by atoms with Crippen molar-refractivity contribution >= 4 is 40.9 Å². The number of hydrogen-bond donors (Lipinski definition) is 2. The van der Waals surface area contributed by atoms with Gasteiger partial charge in [-0.05, 0) is 37.0 Å². The monoisotopic (exact) mass is 379 g/mol. The Hall–Kier alpha value is -2.28. The minimum Gasteiger partial charge on any atom is -0.481 e. The molecule has 3 rings (SSSR count). The van der Waals surface area contributed by atoms with Gasteiger partial charge < -0.3 is 20.2 Å². The fourth-order valence-corrected chi connectivity index (χ4v) is 3.75. The third-order valence-electron chi connectivity index (χ3n) is 4.87. The molecule has 1 aromatic carbocycles. The highest BCUT2D eigenvalue weighted by molar-refractivity contribution is 6.33. The molecule has 0 aromatic heterocycles. The highest BCUT2D eigenvalue weighted by Gasteiger charge is 2.32. The van der Waals surface area contributed by atoms with Crippen molar-refractivity contribution in [2.75, 3.05) is 29.9 Å². The summed E-state index contributed by atoms with van der Waals surface area (Å²) in [6, 6.07) is 4.71. The zero-order valence-corrected chi connectivity index (χ0v) is 15.3. The average Bonchev–Trinajstić information content (AvgIpc) is 3.02. The van der Waals surface area contributed by atoms with Crippen molar-refractivity contribution in [1.82, 2.24) is 4.90 Å². The molecule has 2 heterocycles. The summed E-state index contributed by atoms with van der Waals surface area (Å²) < 4.78 is 0. The third-order valence-corrected chi connectivity index (χ3v) is 5.20. The Morgan fingerprint density at radius 2 is 2.08 bits per heavy atom. The molecule has 2 unspecified atom stereocenters. The lowest BCUT2D eigenvalue weighted by molar-refractivity contribution is -0.143. The van der Waals surface area contributed by atoms with Crippen LogP contribution in [0, 0.1) is 11.8 Å². The van der Waals surface area contributed by atoms with Crippen molar-refractivity contribution in [3.8, 4) is 0 Å². The maximum Gasteiger partial charge on any atom is 0.321 e. The number of likely N-dealkylation sites (tertiary alicyclic amines) is 1. The highest BCUT2D eigenvalue weighted by Crippen LogP contribution is 2.31. The van der Waals surface area contributed by atoms with Crippen LogP contribution in [0.25, 0.3) is 0 Å². The molecule has 0 radical (unpaired) electrons. The summed E-state index contributed by atoms with van der Waals surface area (Å²) in [4.78, 5) is 39.0. The zero-order chi connectivity index (χ0) is 18.8. The van der Waals surface area contributed by atoms with Gasteiger partial charge in [-0.2, -0.15) is 0 Å². The van der Waals surface area contributed by atoms with E-state index in [1.807, 2.05) is 6.92 Å². The van der Waals surface area contributed by atoms with Gasteiger partial charge in [-0.3, -0.25) is 9.59 Å². The maximum atomic E-state index is 12.6. The molecule has 0 aliphatic carbocycles. The van der Waals surface area contributed by atoms with Crippen LogP contribution in [0.15, 0.2) is 18.2 Å². The van der Waals surface area contributed by atoms with Gasteiger partial charge in [0.2, 0.25) is 5.91 Å². The van der Waals surface area contributed by atoms with Crippen molar-refractivity contribution in [2.45, 2.75) is 26.2 Å². The first kappa shape index (κ1) is 18.5. The second-order valence-electron chi connectivity index (χ2n) is 7.02. The van der Waals surface area contributed by atoms with Gasteiger partial charge in [0.1, 0.15) is 0 Å². The number of nitrogens with one attached hydrogen (secondary N) is 1. The van der Waals surface area contributed by atoms with Gasteiger partial charge in [-0.15, -0.1) is 0 Å². The molecule has 2 aliphatic heterocycles. The van der Waals surface area contributed by atoms with Gasteiger partial charge in [0.05, 0.1) is 16.6 Å². The number of rotatable bonds is 3. The first-order valence-corrected chi connectivity index (χ1v) is 9.11. The SMILES string of the molecule is CC1CC(C(=O)O)CN(C(=O)Nc2cc(N3CCCC3=O)ccc2Cl)C1. The number of halogens is 1. The largest absolute Gasteiger partial charge is 0.481 e. The van der Waals surface area contributed by atoms with E-state index in [0.29, 0.717) is 42.3 Å². The van der Waals surface area contributed by atoms with Gasteiger partial charge in [0.15, 0.2) is 0 Å². The molecule has 2 aliphatic rings. The predicted octanol–water partition coefficient (Wildman–Crippen LogP) is 3.04. The smallest absolute Gasteiger partial charge is 0.321 e. The van der Waals surface area contributed by atoms with E-state index in [0.717, 1.165) is 6.42 Å². The Morgan fingerprint density at radius 3 is 2.73 bits per heavy atom. The van der Waals surface area contributed by atoms with Crippen LogP contribution in [0.2, 0.25) is 5.02 Å². The lowest BCUT2D eigenvalue weighted by atomic mass is 9.91. The average molecular weight is 380 g/mol. The van der Waals surface area contributed by atoms with Gasteiger partial charge in [-0.25, -0.2) is 4.79 Å². The number of benzene rings is 1. The second-order valence-corrected chi connectivity index (χ2v) is 7.43. The van der Waals surface area contributed by atoms with Crippen molar-refractivity contribution in [1.29, 1.82) is 0 Å². The van der Waals surface area contributed by atoms with E-state index >= 15 is 0 Å². The topological polar surface area (TPSA) is 89.9 Å². The Morgan fingerprint density at radius 1 is 1.31 bits per heavy atom. The second kappa shape index (κ2) is 7.53. The van der Waals surface area contributed by atoms with Crippen LogP contribution >= 0.6 is 11.6 Å². The van der Waals surface area contributed by atoms with Crippen molar-refractivity contribution in [2.24, 2.45) is 11.8 Å². The standard InChI is InChI=1S/C18H22ClN3O4/c1-11-7-12(17(24)25)10-21(9-11)18(26)20-15-8-13(4-5-14(15)19)22-6-2-3-16(22)23/h4-5,8,11-12H,2-3,6-7,9-10H2,1H3,(H,20,26)(H,24,25). The molecular formula is C18H22ClN3O4. The van der Waals surface area contributed by atoms with Crippen molar-refractivity contribution in [3.63, 3.8) is 0 Å². The number of nitrogens with zero attached hydrogens (tertiary/aromatic N) is 2. The van der Waals surface area contributed by atoms with Gasteiger partial charge in [-0.1, -0.05) is 18.5 Å². The fourth-order valence-electron chi connectivity index (χ4n) is 3.59. The van der Waals surface area contributed by atoms with Gasteiger partial charge in [0.25, 0.3) is 0 Å². The molecule has 2 N–H and O–H groups in total. The lowest BCUT2D eigenvalue weighted by Gasteiger charge is -2.34. The molecular weight excluding hydrogens is 358 g/mol. The minimum absolute atomic E-state index is 0.0544. The molecule has 7 nitrogen and oxygen atoms in total. The predicted molar refractivity (Wildman–Crippen MR) is 98.5 cm³/mol. The van der Waals surface area contributed by atoms with Crippen LogP contribution in [-0.4, -0.2) is 47.5 Å². The summed E-state index contributed by atoms with van der Waals surface area (Å²) >= 11 is 6.20. The first-order valence-electron chi connectivity index (χ1n) is 8.74. The summed E-state index contributed by atoms with van der Waals surface area (Å²) in [7, 11) is 0. The van der Waals surface area contributed by atoms with Crippen LogP contribution in [0.4, 0.5) is 16.2 Å². The van der Waals surface area contributed by atoms with E-state index in [2.05, 4.69) is 5.32 Å². The summed E-state index contributed by atoms with van der Waals surface area (Å²) in [5.41, 5.74) is 1.11. The quantitative estimate of drug-likeness (QED) is 0.844. The fraction of sp³-hybridized carbons (Fsp3) is 0.500. The number of anilines is 2. The number of hydrogen-bond acceptors (Lipinski definition) is 3. The van der Waals surface area contributed by atoms with E-state index in [9.17, 15) is 19.5 Å². The van der Waals surface area contributed by atoms with E-state index in [-0.39, 0.29) is 24.4 Å². The molecule has 2 atom stereocenters. The first-order chi connectivity index (χ1) is 12.3. The van der Waals surface area contributed by atoms with Gasteiger partial charge in [0, 0.05) is 31.7 Å². The number of urea groups is 1. The van der Waals surface area contributed by atoms with Crippen molar-refractivity contribution < 1.29 is 19.5 Å². The van der Waals surface area contributed by atoms with Crippen LogP contribution in [0.5, 0.6) is 0 Å². The van der Waals surface area contributed by atoms with Crippen LogP contribution < -0.4 is 10.2 Å². The molecule has 2 saturated heterocycles. The normalized spacial score (nSPS) is 23.2. The van der Waals surface area contributed by atoms with Gasteiger partial charge >= 0.3 is 12.0 Å². The zero-order valence-electron chi connectivity index (χ0n) is 14.6. The van der Waals surface area contributed by atoms with E-state index in [4.69, 9.17) is 11.6 Å². The summed E-state index contributed by atoms with van der Waals surface area (Å²) in [5.74, 6) is -1.28. The van der Waals surface area contributed by atoms with Crippen LogP contribution in [-0.2, 0) is 9.59 Å². The maximum absolute atomic E-state index is 12.6. The third kappa shape index (κ3) is 3.93. The molecule has 26 heavy (non-hydrogen) atoms. The van der Waals surface area contributed by atoms with E-state index < -0.39 is 11.9 Å². The minimum atomic E-state index is -0.887. The highest BCUT2D eigenvalue weighted by atomic mass is 35.5.